The van der Waals surface area contributed by atoms with Crippen molar-refractivity contribution in [2.75, 3.05) is 13.1 Å². The normalized spacial score (nSPS) is 32.7. The molecule has 17 heavy (non-hydrogen) atoms. The average molecular weight is 242 g/mol. The van der Waals surface area contributed by atoms with Crippen molar-refractivity contribution in [3.05, 3.63) is 0 Å². The fourth-order valence-electron chi connectivity index (χ4n) is 2.83. The predicted molar refractivity (Wildman–Crippen MR) is 63.1 cm³/mol. The van der Waals surface area contributed by atoms with Gasteiger partial charge in [0.2, 0.25) is 0 Å². The topological polar surface area (TPSA) is 64.8 Å². The lowest BCUT2D eigenvalue weighted by molar-refractivity contribution is 0.0230. The molecule has 2 fully saturated rings. The van der Waals surface area contributed by atoms with Gasteiger partial charge in [-0.25, -0.2) is 10.7 Å². The number of nitrogens with two attached hydrogens (primary N) is 1. The second-order valence-corrected chi connectivity index (χ2v) is 6.13. The summed E-state index contributed by atoms with van der Waals surface area (Å²) in [5, 5.41) is 0. The van der Waals surface area contributed by atoms with E-state index in [0.717, 1.165) is 25.9 Å². The third-order valence-electron chi connectivity index (χ3n) is 3.55. The zero-order valence-corrected chi connectivity index (χ0v) is 10.8. The molecule has 0 aromatic rings. The Bertz CT molecular complexity index is 287. The summed E-state index contributed by atoms with van der Waals surface area (Å²) in [5.74, 6) is 6.26. The van der Waals surface area contributed by atoms with Gasteiger partial charge in [0.1, 0.15) is 5.60 Å². The first-order valence-corrected chi connectivity index (χ1v) is 6.22. The molecule has 5 heteroatoms. The molecule has 5 nitrogen and oxygen atoms in total. The van der Waals surface area contributed by atoms with Crippen molar-refractivity contribution in [3.63, 3.8) is 0 Å². The standard InChI is InChI=1S/C12H22N2O3/c1-12(2,3)16-11(15)14-6-8-4-10(17-13)5-9(8)7-14/h8-10H,4-7,13H2,1-3H3/t8-,9+,10?. The molecule has 0 bridgehead atoms. The van der Waals surface area contributed by atoms with E-state index in [-0.39, 0.29) is 12.2 Å². The summed E-state index contributed by atoms with van der Waals surface area (Å²) < 4.78 is 5.37. The van der Waals surface area contributed by atoms with Crippen LogP contribution in [0.5, 0.6) is 0 Å². The Balaban J connectivity index is 1.86. The SMILES string of the molecule is CC(C)(C)OC(=O)N1C[C@H]2CC(ON)C[C@H]2C1. The summed E-state index contributed by atoms with van der Waals surface area (Å²) in [6.07, 6.45) is 1.89. The molecule has 1 aliphatic heterocycles. The summed E-state index contributed by atoms with van der Waals surface area (Å²) in [7, 11) is 0. The van der Waals surface area contributed by atoms with Gasteiger partial charge in [-0.05, 0) is 45.4 Å². The Morgan fingerprint density at radius 1 is 1.24 bits per heavy atom. The number of carbonyl (C=O) groups excluding carboxylic acids is 1. The van der Waals surface area contributed by atoms with Crippen LogP contribution in [-0.4, -0.2) is 35.8 Å². The van der Waals surface area contributed by atoms with Crippen molar-refractivity contribution in [2.24, 2.45) is 17.7 Å². The number of fused-ring (bicyclic) bond motifs is 1. The van der Waals surface area contributed by atoms with Crippen LogP contribution in [0.25, 0.3) is 0 Å². The molecule has 2 rings (SSSR count). The molecule has 0 radical (unpaired) electrons. The fraction of sp³-hybridized carbons (Fsp3) is 0.917. The van der Waals surface area contributed by atoms with E-state index in [1.165, 1.54) is 0 Å². The van der Waals surface area contributed by atoms with Gasteiger partial charge < -0.3 is 14.5 Å². The number of hydrogen-bond acceptors (Lipinski definition) is 4. The van der Waals surface area contributed by atoms with Gasteiger partial charge >= 0.3 is 6.09 Å². The first-order chi connectivity index (χ1) is 7.89. The van der Waals surface area contributed by atoms with E-state index in [4.69, 9.17) is 15.5 Å². The second kappa shape index (κ2) is 4.46. The molecule has 3 atom stereocenters. The number of likely N-dealkylation sites (tertiary alicyclic amines) is 1. The lowest BCUT2D eigenvalue weighted by atomic mass is 10.0. The Hall–Kier alpha value is -0.810. The highest BCUT2D eigenvalue weighted by atomic mass is 16.6. The molecular formula is C12H22N2O3. The van der Waals surface area contributed by atoms with E-state index in [0.29, 0.717) is 11.8 Å². The van der Waals surface area contributed by atoms with Gasteiger partial charge in [-0.3, -0.25) is 0 Å². The van der Waals surface area contributed by atoms with Crippen LogP contribution in [0, 0.1) is 11.8 Å². The summed E-state index contributed by atoms with van der Waals surface area (Å²) in [6, 6.07) is 0. The monoisotopic (exact) mass is 242 g/mol. The van der Waals surface area contributed by atoms with Crippen LogP contribution in [0.2, 0.25) is 0 Å². The van der Waals surface area contributed by atoms with E-state index < -0.39 is 5.60 Å². The summed E-state index contributed by atoms with van der Waals surface area (Å²) in [4.78, 5) is 18.6. The quantitative estimate of drug-likeness (QED) is 0.708. The van der Waals surface area contributed by atoms with Gasteiger partial charge in [0, 0.05) is 13.1 Å². The molecule has 1 unspecified atom stereocenters. The van der Waals surface area contributed by atoms with Crippen molar-refractivity contribution in [1.29, 1.82) is 0 Å². The van der Waals surface area contributed by atoms with E-state index in [9.17, 15) is 4.79 Å². The minimum Gasteiger partial charge on any atom is -0.444 e. The minimum atomic E-state index is -0.419. The van der Waals surface area contributed by atoms with Gasteiger partial charge in [-0.2, -0.15) is 0 Å². The van der Waals surface area contributed by atoms with Gasteiger partial charge in [0.15, 0.2) is 0 Å². The third-order valence-corrected chi connectivity index (χ3v) is 3.55. The zero-order valence-electron chi connectivity index (χ0n) is 10.8. The molecule has 98 valence electrons. The van der Waals surface area contributed by atoms with Crippen LogP contribution in [0.3, 0.4) is 0 Å². The van der Waals surface area contributed by atoms with E-state index in [1.807, 2.05) is 25.7 Å². The van der Waals surface area contributed by atoms with Crippen LogP contribution in [0.1, 0.15) is 33.6 Å². The first kappa shape index (κ1) is 12.6. The van der Waals surface area contributed by atoms with Crippen LogP contribution < -0.4 is 5.90 Å². The van der Waals surface area contributed by atoms with Crippen molar-refractivity contribution >= 4 is 6.09 Å². The average Bonchev–Trinajstić information content (AvgIpc) is 2.70. The molecule has 2 N–H and O–H groups in total. The molecule has 1 aliphatic carbocycles. The summed E-state index contributed by atoms with van der Waals surface area (Å²) in [5.41, 5.74) is -0.419. The Morgan fingerprint density at radius 2 is 1.76 bits per heavy atom. The summed E-state index contributed by atoms with van der Waals surface area (Å²) in [6.45, 7) is 7.22. The molecule has 0 spiro atoms. The maximum atomic E-state index is 11.9. The highest BCUT2D eigenvalue weighted by Crippen LogP contribution is 2.39. The second-order valence-electron chi connectivity index (χ2n) is 6.13. The van der Waals surface area contributed by atoms with Gasteiger partial charge in [-0.15, -0.1) is 0 Å². The molecule has 1 saturated heterocycles. The lowest BCUT2D eigenvalue weighted by Gasteiger charge is -2.25. The predicted octanol–water partition coefficient (Wildman–Crippen LogP) is 1.52. The van der Waals surface area contributed by atoms with Gasteiger partial charge in [0.25, 0.3) is 0 Å². The Morgan fingerprint density at radius 3 is 2.18 bits per heavy atom. The molecule has 1 saturated carbocycles. The van der Waals surface area contributed by atoms with E-state index in [1.54, 1.807) is 0 Å². The van der Waals surface area contributed by atoms with Crippen LogP contribution in [0.15, 0.2) is 0 Å². The van der Waals surface area contributed by atoms with Gasteiger partial charge in [0.05, 0.1) is 6.10 Å². The van der Waals surface area contributed by atoms with Crippen molar-refractivity contribution < 1.29 is 14.4 Å². The Kier molecular flexibility index (Phi) is 3.32. The number of hydrogen-bond donors (Lipinski definition) is 1. The third kappa shape index (κ3) is 2.90. The van der Waals surface area contributed by atoms with Crippen molar-refractivity contribution in [2.45, 2.75) is 45.3 Å². The van der Waals surface area contributed by atoms with E-state index in [2.05, 4.69) is 0 Å². The first-order valence-electron chi connectivity index (χ1n) is 6.22. The largest absolute Gasteiger partial charge is 0.444 e. The lowest BCUT2D eigenvalue weighted by Crippen LogP contribution is -2.36. The Labute approximate surface area is 102 Å². The maximum Gasteiger partial charge on any atom is 0.410 e. The van der Waals surface area contributed by atoms with Crippen LogP contribution >= 0.6 is 0 Å². The zero-order chi connectivity index (χ0) is 12.6. The van der Waals surface area contributed by atoms with Crippen LogP contribution in [0.4, 0.5) is 4.79 Å². The maximum absolute atomic E-state index is 11.9. The number of amides is 1. The molecule has 0 aromatic carbocycles. The minimum absolute atomic E-state index is 0.172. The highest BCUT2D eigenvalue weighted by Gasteiger charge is 2.43. The van der Waals surface area contributed by atoms with E-state index >= 15 is 0 Å². The van der Waals surface area contributed by atoms with Gasteiger partial charge in [-0.1, -0.05) is 0 Å². The highest BCUT2D eigenvalue weighted by molar-refractivity contribution is 5.68. The molecule has 2 aliphatic rings. The molecule has 0 aromatic heterocycles. The number of carbonyl (C=O) groups is 1. The molecule has 1 heterocycles. The van der Waals surface area contributed by atoms with Crippen molar-refractivity contribution in [3.8, 4) is 0 Å². The molecular weight excluding hydrogens is 220 g/mol. The molecule has 1 amide bonds. The number of nitrogens with zero attached hydrogens (tertiary/aromatic N) is 1. The number of ether oxygens (including phenoxy) is 1. The van der Waals surface area contributed by atoms with Crippen molar-refractivity contribution in [1.82, 2.24) is 4.90 Å². The summed E-state index contributed by atoms with van der Waals surface area (Å²) >= 11 is 0. The van der Waals surface area contributed by atoms with Crippen LogP contribution in [-0.2, 0) is 9.57 Å². The fourth-order valence-corrected chi connectivity index (χ4v) is 2.83. The smallest absolute Gasteiger partial charge is 0.410 e. The number of rotatable bonds is 1.